The molecule has 1 aliphatic rings. The number of hydrogen-bond acceptors (Lipinski definition) is 7. The first-order chi connectivity index (χ1) is 16.0. The van der Waals surface area contributed by atoms with E-state index >= 15 is 0 Å². The number of amides is 1. The molecule has 8 nitrogen and oxygen atoms in total. The number of hydrogen-bond donors (Lipinski definition) is 0. The minimum atomic E-state index is -0.519. The largest absolute Gasteiger partial charge is 0.454 e. The molecule has 0 unspecified atom stereocenters. The van der Waals surface area contributed by atoms with E-state index in [0.29, 0.717) is 36.8 Å². The lowest BCUT2D eigenvalue weighted by Gasteiger charge is -2.19. The van der Waals surface area contributed by atoms with Gasteiger partial charge >= 0.3 is 6.09 Å². The maximum Gasteiger partial charge on any atom is 0.410 e. The molecule has 1 atom stereocenters. The van der Waals surface area contributed by atoms with Gasteiger partial charge in [0.05, 0.1) is 12.2 Å². The third-order valence-electron chi connectivity index (χ3n) is 5.52. The SMILES string of the molecule is CCN1C(=O)OC[C@@H]1Cc1ccc(Oc2ccc(N(C)c3ccc(N=O)cn3)cc2F)cc1. The Balaban J connectivity index is 1.41. The molecule has 0 radical (unpaired) electrons. The molecule has 3 aromatic rings. The molecule has 1 saturated heterocycles. The van der Waals surface area contributed by atoms with Gasteiger partial charge in [-0.2, -0.15) is 0 Å². The lowest BCUT2D eigenvalue weighted by atomic mass is 10.1. The van der Waals surface area contributed by atoms with Gasteiger partial charge in [-0.25, -0.2) is 14.2 Å². The predicted molar refractivity (Wildman–Crippen MR) is 122 cm³/mol. The number of carbonyl (C=O) groups is 1. The summed E-state index contributed by atoms with van der Waals surface area (Å²) in [5.41, 5.74) is 1.83. The molecule has 1 amide bonds. The van der Waals surface area contributed by atoms with Crippen LogP contribution >= 0.6 is 0 Å². The molecule has 4 rings (SSSR count). The second-order valence-electron chi connectivity index (χ2n) is 7.61. The van der Waals surface area contributed by atoms with Crippen molar-refractivity contribution in [2.75, 3.05) is 25.1 Å². The fourth-order valence-electron chi connectivity index (χ4n) is 3.68. The number of pyridine rings is 1. The summed E-state index contributed by atoms with van der Waals surface area (Å²) in [6.07, 6.45) is 1.75. The number of aromatic nitrogens is 1. The smallest absolute Gasteiger partial charge is 0.410 e. The van der Waals surface area contributed by atoms with Crippen molar-refractivity contribution in [2.45, 2.75) is 19.4 Å². The second kappa shape index (κ2) is 9.64. The third-order valence-corrected chi connectivity index (χ3v) is 5.52. The highest BCUT2D eigenvalue weighted by molar-refractivity contribution is 5.70. The average molecular weight is 450 g/mol. The van der Waals surface area contributed by atoms with E-state index in [9.17, 15) is 14.1 Å². The van der Waals surface area contributed by atoms with E-state index in [1.54, 1.807) is 53.2 Å². The predicted octanol–water partition coefficient (Wildman–Crippen LogP) is 5.56. The first-order valence-electron chi connectivity index (χ1n) is 10.5. The summed E-state index contributed by atoms with van der Waals surface area (Å²) in [7, 11) is 1.74. The molecule has 0 bridgehead atoms. The fourth-order valence-corrected chi connectivity index (χ4v) is 3.68. The maximum atomic E-state index is 14.7. The summed E-state index contributed by atoms with van der Waals surface area (Å²) in [4.78, 5) is 29.8. The number of nitroso groups, excluding NO2 is 1. The summed E-state index contributed by atoms with van der Waals surface area (Å²) < 4.78 is 25.6. The Hall–Kier alpha value is -4.01. The van der Waals surface area contributed by atoms with Gasteiger partial charge < -0.3 is 19.3 Å². The molecule has 9 heteroatoms. The monoisotopic (exact) mass is 450 g/mol. The van der Waals surface area contributed by atoms with Gasteiger partial charge in [0.25, 0.3) is 0 Å². The van der Waals surface area contributed by atoms with Crippen LogP contribution in [0.4, 0.5) is 26.4 Å². The molecule has 2 aromatic carbocycles. The topological polar surface area (TPSA) is 84.3 Å². The molecule has 0 N–H and O–H groups in total. The highest BCUT2D eigenvalue weighted by Crippen LogP contribution is 2.31. The number of rotatable bonds is 8. The Morgan fingerprint density at radius 3 is 2.64 bits per heavy atom. The molecule has 0 spiro atoms. The van der Waals surface area contributed by atoms with Crippen LogP contribution in [-0.4, -0.2) is 42.2 Å². The van der Waals surface area contributed by atoms with Gasteiger partial charge in [0.2, 0.25) is 0 Å². The van der Waals surface area contributed by atoms with Crippen LogP contribution in [0.15, 0.2) is 66.0 Å². The highest BCUT2D eigenvalue weighted by Gasteiger charge is 2.31. The molecular formula is C24H23FN4O4. The number of ether oxygens (including phenoxy) is 2. The van der Waals surface area contributed by atoms with Crippen molar-refractivity contribution in [3.05, 3.63) is 77.1 Å². The summed E-state index contributed by atoms with van der Waals surface area (Å²) in [6, 6.07) is 15.2. The Morgan fingerprint density at radius 1 is 1.21 bits per heavy atom. The van der Waals surface area contributed by atoms with Crippen molar-refractivity contribution in [1.29, 1.82) is 0 Å². The zero-order valence-corrected chi connectivity index (χ0v) is 18.3. The van der Waals surface area contributed by atoms with E-state index in [-0.39, 0.29) is 23.6 Å². The summed E-state index contributed by atoms with van der Waals surface area (Å²) in [5.74, 6) is 0.626. The van der Waals surface area contributed by atoms with Crippen LogP contribution in [0.25, 0.3) is 0 Å². The minimum Gasteiger partial charge on any atom is -0.454 e. The fraction of sp³-hybridized carbons (Fsp3) is 0.250. The lowest BCUT2D eigenvalue weighted by Crippen LogP contribution is -2.34. The Kier molecular flexibility index (Phi) is 6.48. The van der Waals surface area contributed by atoms with Crippen LogP contribution in [0.5, 0.6) is 11.5 Å². The van der Waals surface area contributed by atoms with E-state index in [2.05, 4.69) is 10.2 Å². The number of nitrogens with zero attached hydrogens (tertiary/aromatic N) is 4. The minimum absolute atomic E-state index is 0.0108. The molecule has 0 saturated carbocycles. The van der Waals surface area contributed by atoms with Gasteiger partial charge in [-0.15, -0.1) is 4.91 Å². The number of likely N-dealkylation sites (N-methyl/N-ethyl adjacent to an activating group) is 1. The molecule has 2 heterocycles. The van der Waals surface area contributed by atoms with Crippen LogP contribution in [-0.2, 0) is 11.2 Å². The molecule has 1 fully saturated rings. The van der Waals surface area contributed by atoms with Gasteiger partial charge in [0, 0.05) is 25.3 Å². The van der Waals surface area contributed by atoms with E-state index in [1.165, 1.54) is 12.3 Å². The van der Waals surface area contributed by atoms with Gasteiger partial charge in [0.1, 0.15) is 23.9 Å². The van der Waals surface area contributed by atoms with Crippen LogP contribution in [0.1, 0.15) is 12.5 Å². The van der Waals surface area contributed by atoms with Gasteiger partial charge in [-0.3, -0.25) is 0 Å². The standard InChI is InChI=1S/C24H23FN4O4/c1-3-29-19(15-32-24(29)30)12-16-4-8-20(9-5-16)33-22-10-7-18(13-21(22)25)28(2)23-11-6-17(27-31)14-26-23/h4-11,13-14,19H,3,12,15H2,1-2H3/t19-/m0/s1. The maximum absolute atomic E-state index is 14.7. The average Bonchev–Trinajstić information content (AvgIpc) is 3.19. The number of anilines is 2. The van der Waals surface area contributed by atoms with Crippen LogP contribution in [0.3, 0.4) is 0 Å². The summed E-state index contributed by atoms with van der Waals surface area (Å²) in [5, 5.41) is 2.82. The van der Waals surface area contributed by atoms with Gasteiger partial charge in [-0.05, 0) is 60.5 Å². The van der Waals surface area contributed by atoms with E-state index in [4.69, 9.17) is 9.47 Å². The Labute approximate surface area is 190 Å². The van der Waals surface area contributed by atoms with E-state index in [1.807, 2.05) is 19.1 Å². The number of halogens is 1. The van der Waals surface area contributed by atoms with Crippen molar-refractivity contribution in [1.82, 2.24) is 9.88 Å². The van der Waals surface area contributed by atoms with Crippen molar-refractivity contribution < 1.29 is 18.7 Å². The van der Waals surface area contributed by atoms with Crippen LogP contribution < -0.4 is 9.64 Å². The summed E-state index contributed by atoms with van der Waals surface area (Å²) in [6.45, 7) is 2.91. The van der Waals surface area contributed by atoms with Gasteiger partial charge in [-0.1, -0.05) is 12.1 Å². The number of benzene rings is 2. The quantitative estimate of drug-likeness (QED) is 0.418. The van der Waals surface area contributed by atoms with Crippen molar-refractivity contribution in [2.24, 2.45) is 5.18 Å². The first kappa shape index (κ1) is 22.2. The van der Waals surface area contributed by atoms with Crippen LogP contribution in [0, 0.1) is 10.7 Å². The first-order valence-corrected chi connectivity index (χ1v) is 10.5. The van der Waals surface area contributed by atoms with Crippen LogP contribution in [0.2, 0.25) is 0 Å². The Morgan fingerprint density at radius 2 is 2.00 bits per heavy atom. The molecule has 0 aliphatic carbocycles. The molecule has 1 aromatic heterocycles. The Bertz CT molecular complexity index is 1140. The molecule has 1 aliphatic heterocycles. The zero-order valence-electron chi connectivity index (χ0n) is 18.3. The number of cyclic esters (lactones) is 1. The van der Waals surface area contributed by atoms with E-state index in [0.717, 1.165) is 5.56 Å². The van der Waals surface area contributed by atoms with Crippen molar-refractivity contribution in [3.8, 4) is 11.5 Å². The van der Waals surface area contributed by atoms with E-state index < -0.39 is 5.82 Å². The lowest BCUT2D eigenvalue weighted by molar-refractivity contribution is 0.159. The van der Waals surface area contributed by atoms with Crippen molar-refractivity contribution >= 4 is 23.3 Å². The number of carbonyl (C=O) groups excluding carboxylic acids is 1. The van der Waals surface area contributed by atoms with Gasteiger partial charge in [0.15, 0.2) is 11.6 Å². The molecule has 170 valence electrons. The van der Waals surface area contributed by atoms with Crippen molar-refractivity contribution in [3.63, 3.8) is 0 Å². The zero-order chi connectivity index (χ0) is 23.4. The third kappa shape index (κ3) is 4.92. The molecular weight excluding hydrogens is 427 g/mol. The highest BCUT2D eigenvalue weighted by atomic mass is 19.1. The summed E-state index contributed by atoms with van der Waals surface area (Å²) >= 11 is 0. The molecule has 33 heavy (non-hydrogen) atoms. The second-order valence-corrected chi connectivity index (χ2v) is 7.61. The normalized spacial score (nSPS) is 15.3.